The van der Waals surface area contributed by atoms with E-state index in [1.54, 1.807) is 37.4 Å². The summed E-state index contributed by atoms with van der Waals surface area (Å²) in [5.74, 6) is -0.328. The minimum atomic E-state index is -0.934. The van der Waals surface area contributed by atoms with E-state index in [4.69, 9.17) is 15.6 Å². The van der Waals surface area contributed by atoms with Crippen LogP contribution in [0.1, 0.15) is 10.4 Å². The van der Waals surface area contributed by atoms with Gasteiger partial charge in [0.15, 0.2) is 0 Å². The van der Waals surface area contributed by atoms with E-state index >= 15 is 0 Å². The lowest BCUT2D eigenvalue weighted by Gasteiger charge is -2.07. The lowest BCUT2D eigenvalue weighted by Crippen LogP contribution is -1.95. The number of carboxylic acids is 1. The Hall–Kier alpha value is -2.49. The van der Waals surface area contributed by atoms with Crippen LogP contribution in [0.2, 0.25) is 0 Å². The van der Waals surface area contributed by atoms with E-state index in [9.17, 15) is 4.79 Å². The highest BCUT2D eigenvalue weighted by Gasteiger charge is 2.05. The van der Waals surface area contributed by atoms with E-state index < -0.39 is 5.97 Å². The fraction of sp³-hybridized carbons (Fsp3) is 0.0714. The lowest BCUT2D eigenvalue weighted by atomic mass is 10.0. The molecule has 0 saturated carbocycles. The summed E-state index contributed by atoms with van der Waals surface area (Å²) >= 11 is 0. The summed E-state index contributed by atoms with van der Waals surface area (Å²) < 4.78 is 5.15. The monoisotopic (exact) mass is 243 g/mol. The van der Waals surface area contributed by atoms with Crippen molar-refractivity contribution in [1.29, 1.82) is 0 Å². The third-order valence-electron chi connectivity index (χ3n) is 2.70. The highest BCUT2D eigenvalue weighted by atomic mass is 16.5. The highest BCUT2D eigenvalue weighted by Crippen LogP contribution is 2.28. The Morgan fingerprint density at radius 2 is 1.72 bits per heavy atom. The number of carboxylic acid groups (broad SMARTS) is 1. The first-order valence-corrected chi connectivity index (χ1v) is 5.39. The molecule has 0 saturated heterocycles. The molecule has 0 spiro atoms. The summed E-state index contributed by atoms with van der Waals surface area (Å²) in [4.78, 5) is 10.8. The Labute approximate surface area is 105 Å². The van der Waals surface area contributed by atoms with Gasteiger partial charge in [0.25, 0.3) is 0 Å². The first-order valence-electron chi connectivity index (χ1n) is 5.39. The lowest BCUT2D eigenvalue weighted by molar-refractivity contribution is 0.0697. The van der Waals surface area contributed by atoms with Crippen LogP contribution < -0.4 is 10.5 Å². The molecule has 0 aliphatic carbocycles. The molecule has 0 radical (unpaired) electrons. The first kappa shape index (κ1) is 12.0. The van der Waals surface area contributed by atoms with E-state index in [-0.39, 0.29) is 5.56 Å². The van der Waals surface area contributed by atoms with Gasteiger partial charge in [0.05, 0.1) is 18.4 Å². The summed E-state index contributed by atoms with van der Waals surface area (Å²) in [7, 11) is 1.56. The van der Waals surface area contributed by atoms with Gasteiger partial charge in [-0.2, -0.15) is 0 Å². The molecular weight excluding hydrogens is 230 g/mol. The Balaban J connectivity index is 2.39. The number of carbonyl (C=O) groups is 1. The van der Waals surface area contributed by atoms with Crippen LogP contribution in [-0.4, -0.2) is 18.2 Å². The molecule has 3 N–H and O–H groups in total. The van der Waals surface area contributed by atoms with Gasteiger partial charge in [-0.3, -0.25) is 0 Å². The van der Waals surface area contributed by atoms with Crippen LogP contribution >= 0.6 is 0 Å². The van der Waals surface area contributed by atoms with Gasteiger partial charge in [0.2, 0.25) is 0 Å². The van der Waals surface area contributed by atoms with Crippen LogP contribution in [0.5, 0.6) is 5.75 Å². The largest absolute Gasteiger partial charge is 0.495 e. The van der Waals surface area contributed by atoms with Crippen LogP contribution in [0.25, 0.3) is 11.1 Å². The van der Waals surface area contributed by atoms with Crippen LogP contribution in [0.3, 0.4) is 0 Å². The third kappa shape index (κ3) is 2.27. The molecule has 0 bridgehead atoms. The number of nitrogen functional groups attached to an aromatic ring is 1. The van der Waals surface area contributed by atoms with Crippen LogP contribution in [0, 0.1) is 0 Å². The molecule has 0 amide bonds. The molecule has 4 nitrogen and oxygen atoms in total. The van der Waals surface area contributed by atoms with Crippen molar-refractivity contribution in [3.63, 3.8) is 0 Å². The summed E-state index contributed by atoms with van der Waals surface area (Å²) in [6.45, 7) is 0. The minimum Gasteiger partial charge on any atom is -0.495 e. The molecule has 18 heavy (non-hydrogen) atoms. The first-order chi connectivity index (χ1) is 8.61. The smallest absolute Gasteiger partial charge is 0.335 e. The molecule has 0 heterocycles. The summed E-state index contributed by atoms with van der Waals surface area (Å²) in [5, 5.41) is 8.83. The van der Waals surface area contributed by atoms with Crippen LogP contribution in [-0.2, 0) is 0 Å². The zero-order valence-electron chi connectivity index (χ0n) is 9.88. The molecule has 2 aromatic carbocycles. The third-order valence-corrected chi connectivity index (χ3v) is 2.70. The number of anilines is 1. The molecule has 2 aromatic rings. The van der Waals surface area contributed by atoms with Crippen molar-refractivity contribution in [2.24, 2.45) is 0 Å². The minimum absolute atomic E-state index is 0.265. The van der Waals surface area contributed by atoms with E-state index in [1.807, 2.05) is 12.1 Å². The fourth-order valence-corrected chi connectivity index (χ4v) is 1.70. The fourth-order valence-electron chi connectivity index (χ4n) is 1.70. The van der Waals surface area contributed by atoms with Crippen molar-refractivity contribution < 1.29 is 14.6 Å². The van der Waals surface area contributed by atoms with Crippen molar-refractivity contribution in [1.82, 2.24) is 0 Å². The molecule has 0 aliphatic heterocycles. The molecule has 0 aliphatic rings. The Morgan fingerprint density at radius 1 is 1.11 bits per heavy atom. The summed E-state index contributed by atoms with van der Waals surface area (Å²) in [5.41, 5.74) is 8.42. The number of hydrogen-bond donors (Lipinski definition) is 2. The summed E-state index contributed by atoms with van der Waals surface area (Å²) in [6, 6.07) is 12.1. The number of benzene rings is 2. The van der Waals surface area contributed by atoms with Gasteiger partial charge in [0.1, 0.15) is 5.75 Å². The van der Waals surface area contributed by atoms with Gasteiger partial charge in [0, 0.05) is 0 Å². The standard InChI is InChI=1S/C14H13NO3/c1-18-13-8-11(6-7-12(13)15)9-2-4-10(5-3-9)14(16)17/h2-8H,15H2,1H3,(H,16,17). The predicted octanol–water partition coefficient (Wildman–Crippen LogP) is 2.64. The van der Waals surface area contributed by atoms with E-state index in [0.29, 0.717) is 11.4 Å². The number of nitrogens with two attached hydrogens (primary N) is 1. The normalized spacial score (nSPS) is 10.1. The molecule has 92 valence electrons. The maximum Gasteiger partial charge on any atom is 0.335 e. The second kappa shape index (κ2) is 4.79. The molecular formula is C14H13NO3. The maximum atomic E-state index is 10.8. The van der Waals surface area contributed by atoms with Gasteiger partial charge in [-0.05, 0) is 35.4 Å². The SMILES string of the molecule is COc1cc(-c2ccc(C(=O)O)cc2)ccc1N. The number of aromatic carboxylic acids is 1. The molecule has 2 rings (SSSR count). The van der Waals surface area contributed by atoms with Gasteiger partial charge in [-0.1, -0.05) is 18.2 Å². The van der Waals surface area contributed by atoms with Crippen LogP contribution in [0.4, 0.5) is 5.69 Å². The Kier molecular flexibility index (Phi) is 3.19. The number of rotatable bonds is 3. The predicted molar refractivity (Wildman–Crippen MR) is 69.8 cm³/mol. The van der Waals surface area contributed by atoms with E-state index in [2.05, 4.69) is 0 Å². The zero-order valence-corrected chi connectivity index (χ0v) is 9.88. The molecule has 0 atom stereocenters. The van der Waals surface area contributed by atoms with Gasteiger partial charge in [-0.15, -0.1) is 0 Å². The number of hydrogen-bond acceptors (Lipinski definition) is 3. The van der Waals surface area contributed by atoms with Crippen LogP contribution in [0.15, 0.2) is 42.5 Å². The number of ether oxygens (including phenoxy) is 1. The zero-order chi connectivity index (χ0) is 13.1. The Bertz CT molecular complexity index is 576. The second-order valence-corrected chi connectivity index (χ2v) is 3.84. The van der Waals surface area contributed by atoms with Crippen molar-refractivity contribution in [2.75, 3.05) is 12.8 Å². The van der Waals surface area contributed by atoms with Crippen molar-refractivity contribution in [3.8, 4) is 16.9 Å². The average Bonchev–Trinajstić information content (AvgIpc) is 2.39. The molecule has 0 unspecified atom stereocenters. The summed E-state index contributed by atoms with van der Waals surface area (Å²) in [6.07, 6.45) is 0. The number of methoxy groups -OCH3 is 1. The molecule has 0 fully saturated rings. The quantitative estimate of drug-likeness (QED) is 0.813. The second-order valence-electron chi connectivity index (χ2n) is 3.84. The van der Waals surface area contributed by atoms with Crippen molar-refractivity contribution >= 4 is 11.7 Å². The van der Waals surface area contributed by atoms with Crippen molar-refractivity contribution in [2.45, 2.75) is 0 Å². The highest BCUT2D eigenvalue weighted by molar-refractivity contribution is 5.88. The van der Waals surface area contributed by atoms with Gasteiger partial charge in [-0.25, -0.2) is 4.79 Å². The van der Waals surface area contributed by atoms with E-state index in [0.717, 1.165) is 11.1 Å². The topological polar surface area (TPSA) is 72.5 Å². The van der Waals surface area contributed by atoms with Crippen molar-refractivity contribution in [3.05, 3.63) is 48.0 Å². The van der Waals surface area contributed by atoms with Gasteiger partial charge < -0.3 is 15.6 Å². The maximum absolute atomic E-state index is 10.8. The van der Waals surface area contributed by atoms with Gasteiger partial charge >= 0.3 is 5.97 Å². The average molecular weight is 243 g/mol. The van der Waals surface area contributed by atoms with E-state index in [1.165, 1.54) is 0 Å². The Morgan fingerprint density at radius 3 is 2.28 bits per heavy atom. The molecule has 0 aromatic heterocycles. The molecule has 4 heteroatoms.